The van der Waals surface area contributed by atoms with Crippen LogP contribution in [0.3, 0.4) is 0 Å². The summed E-state index contributed by atoms with van der Waals surface area (Å²) in [6, 6.07) is 4.92. The number of nitrogens with one attached hydrogen (secondary N) is 1. The SMILES string of the molecule is CCc1oc(C(=O)NC2COc3c2ccc(C)c3C)cc1C(=O)O. The summed E-state index contributed by atoms with van der Waals surface area (Å²) in [5.74, 6) is -0.448. The Balaban J connectivity index is 1.83. The molecule has 6 nitrogen and oxygen atoms in total. The molecule has 1 aliphatic heterocycles. The van der Waals surface area contributed by atoms with Crippen LogP contribution in [0.1, 0.15) is 56.3 Å². The highest BCUT2D eigenvalue weighted by atomic mass is 16.5. The lowest BCUT2D eigenvalue weighted by molar-refractivity contribution is 0.0694. The summed E-state index contributed by atoms with van der Waals surface area (Å²) in [5.41, 5.74) is 3.14. The summed E-state index contributed by atoms with van der Waals surface area (Å²) in [6.07, 6.45) is 0.406. The summed E-state index contributed by atoms with van der Waals surface area (Å²) in [4.78, 5) is 23.6. The van der Waals surface area contributed by atoms with Crippen molar-refractivity contribution in [3.8, 4) is 5.75 Å². The minimum atomic E-state index is -1.10. The molecule has 0 saturated heterocycles. The molecular weight excluding hydrogens is 310 g/mol. The monoisotopic (exact) mass is 329 g/mol. The molecule has 0 bridgehead atoms. The number of aryl methyl sites for hydroxylation is 2. The van der Waals surface area contributed by atoms with E-state index in [2.05, 4.69) is 5.32 Å². The third kappa shape index (κ3) is 2.64. The fourth-order valence-corrected chi connectivity index (χ4v) is 2.87. The fourth-order valence-electron chi connectivity index (χ4n) is 2.87. The molecule has 1 aromatic heterocycles. The second-order valence-electron chi connectivity index (χ2n) is 5.87. The average molecular weight is 329 g/mol. The van der Waals surface area contributed by atoms with Crippen LogP contribution in [0.15, 0.2) is 22.6 Å². The van der Waals surface area contributed by atoms with Crippen molar-refractivity contribution in [1.29, 1.82) is 0 Å². The van der Waals surface area contributed by atoms with Crippen LogP contribution in [0.4, 0.5) is 0 Å². The first kappa shape index (κ1) is 16.1. The van der Waals surface area contributed by atoms with Gasteiger partial charge < -0.3 is 19.6 Å². The van der Waals surface area contributed by atoms with Crippen molar-refractivity contribution in [2.75, 3.05) is 6.61 Å². The maximum Gasteiger partial charge on any atom is 0.339 e. The normalized spacial score (nSPS) is 15.7. The molecule has 2 N–H and O–H groups in total. The van der Waals surface area contributed by atoms with Gasteiger partial charge in [-0.3, -0.25) is 4.79 Å². The fraction of sp³-hybridized carbons (Fsp3) is 0.333. The first-order valence-corrected chi connectivity index (χ1v) is 7.82. The Morgan fingerprint density at radius 3 is 2.71 bits per heavy atom. The molecule has 24 heavy (non-hydrogen) atoms. The van der Waals surface area contributed by atoms with E-state index in [1.165, 1.54) is 6.07 Å². The number of carbonyl (C=O) groups excluding carboxylic acids is 1. The maximum atomic E-state index is 12.4. The zero-order valence-electron chi connectivity index (χ0n) is 13.8. The van der Waals surface area contributed by atoms with Crippen LogP contribution in [-0.4, -0.2) is 23.6 Å². The van der Waals surface area contributed by atoms with Crippen molar-refractivity contribution in [1.82, 2.24) is 5.32 Å². The van der Waals surface area contributed by atoms with Gasteiger partial charge in [-0.15, -0.1) is 0 Å². The van der Waals surface area contributed by atoms with Crippen LogP contribution in [0.5, 0.6) is 5.75 Å². The molecule has 0 fully saturated rings. The Bertz CT molecular complexity index is 821. The van der Waals surface area contributed by atoms with Gasteiger partial charge in [0.25, 0.3) is 5.91 Å². The van der Waals surface area contributed by atoms with E-state index in [9.17, 15) is 9.59 Å². The third-order valence-electron chi connectivity index (χ3n) is 4.37. The van der Waals surface area contributed by atoms with Crippen molar-refractivity contribution >= 4 is 11.9 Å². The minimum Gasteiger partial charge on any atom is -0.490 e. The van der Waals surface area contributed by atoms with Crippen LogP contribution < -0.4 is 10.1 Å². The van der Waals surface area contributed by atoms with E-state index < -0.39 is 11.9 Å². The van der Waals surface area contributed by atoms with E-state index in [-0.39, 0.29) is 17.4 Å². The minimum absolute atomic E-state index is 0.00142. The van der Waals surface area contributed by atoms with E-state index in [1.54, 1.807) is 6.92 Å². The highest BCUT2D eigenvalue weighted by molar-refractivity contribution is 5.96. The zero-order valence-corrected chi connectivity index (χ0v) is 13.8. The number of hydrogen-bond donors (Lipinski definition) is 2. The van der Waals surface area contributed by atoms with Gasteiger partial charge in [-0.1, -0.05) is 19.1 Å². The number of amides is 1. The Labute approximate surface area is 139 Å². The number of ether oxygens (including phenoxy) is 1. The number of hydrogen-bond acceptors (Lipinski definition) is 4. The van der Waals surface area contributed by atoms with Gasteiger partial charge in [0.15, 0.2) is 5.76 Å². The highest BCUT2D eigenvalue weighted by Crippen LogP contribution is 2.36. The molecular formula is C18H19NO5. The van der Waals surface area contributed by atoms with Crippen molar-refractivity contribution < 1.29 is 23.8 Å². The lowest BCUT2D eigenvalue weighted by Gasteiger charge is -2.11. The zero-order chi connectivity index (χ0) is 17.4. The summed E-state index contributed by atoms with van der Waals surface area (Å²) in [7, 11) is 0. The topological polar surface area (TPSA) is 88.8 Å². The van der Waals surface area contributed by atoms with E-state index in [0.29, 0.717) is 18.8 Å². The molecule has 2 aromatic rings. The molecule has 0 radical (unpaired) electrons. The summed E-state index contributed by atoms with van der Waals surface area (Å²) in [6.45, 7) is 6.11. The predicted octanol–water partition coefficient (Wildman–Crippen LogP) is 3.02. The Hall–Kier alpha value is -2.76. The second-order valence-corrected chi connectivity index (χ2v) is 5.87. The number of fused-ring (bicyclic) bond motifs is 1. The molecule has 2 heterocycles. The highest BCUT2D eigenvalue weighted by Gasteiger charge is 2.29. The van der Waals surface area contributed by atoms with Crippen molar-refractivity contribution in [3.63, 3.8) is 0 Å². The summed E-state index contributed by atoms with van der Waals surface area (Å²) >= 11 is 0. The van der Waals surface area contributed by atoms with Gasteiger partial charge >= 0.3 is 5.97 Å². The molecule has 6 heteroatoms. The molecule has 1 aliphatic rings. The van der Waals surface area contributed by atoms with E-state index in [0.717, 1.165) is 22.4 Å². The number of rotatable bonds is 4. The van der Waals surface area contributed by atoms with Gasteiger partial charge in [-0.25, -0.2) is 4.79 Å². The van der Waals surface area contributed by atoms with Crippen LogP contribution in [0.2, 0.25) is 0 Å². The molecule has 1 aromatic carbocycles. The van der Waals surface area contributed by atoms with E-state index in [4.69, 9.17) is 14.3 Å². The smallest absolute Gasteiger partial charge is 0.339 e. The Morgan fingerprint density at radius 2 is 2.08 bits per heavy atom. The van der Waals surface area contributed by atoms with Crippen LogP contribution in [-0.2, 0) is 6.42 Å². The van der Waals surface area contributed by atoms with Gasteiger partial charge in [0.1, 0.15) is 23.7 Å². The molecule has 1 unspecified atom stereocenters. The van der Waals surface area contributed by atoms with E-state index >= 15 is 0 Å². The molecule has 1 atom stereocenters. The van der Waals surface area contributed by atoms with Crippen LogP contribution in [0, 0.1) is 13.8 Å². The standard InChI is InChI=1S/C18H19NO5/c1-4-14-12(18(21)22)7-15(24-14)17(20)19-13-8-23-16-10(3)9(2)5-6-11(13)16/h5-7,13H,4,8H2,1-3H3,(H,19,20)(H,21,22). The molecule has 0 spiro atoms. The number of furan rings is 1. The lowest BCUT2D eigenvalue weighted by Crippen LogP contribution is -2.29. The molecule has 1 amide bonds. The van der Waals surface area contributed by atoms with E-state index in [1.807, 2.05) is 26.0 Å². The number of carboxylic acids is 1. The number of aromatic carboxylic acids is 1. The lowest BCUT2D eigenvalue weighted by atomic mass is 10.0. The summed E-state index contributed by atoms with van der Waals surface area (Å²) in [5, 5.41) is 12.0. The second kappa shape index (κ2) is 6.03. The first-order valence-electron chi connectivity index (χ1n) is 7.82. The van der Waals surface area contributed by atoms with Crippen LogP contribution >= 0.6 is 0 Å². The van der Waals surface area contributed by atoms with Gasteiger partial charge in [0.05, 0.1) is 6.04 Å². The van der Waals surface area contributed by atoms with Crippen molar-refractivity contribution in [2.24, 2.45) is 0 Å². The maximum absolute atomic E-state index is 12.4. The quantitative estimate of drug-likeness (QED) is 0.900. The molecule has 3 rings (SSSR count). The van der Waals surface area contributed by atoms with Crippen LogP contribution in [0.25, 0.3) is 0 Å². The number of carbonyl (C=O) groups is 2. The van der Waals surface area contributed by atoms with Crippen molar-refractivity contribution in [2.45, 2.75) is 33.2 Å². The van der Waals surface area contributed by atoms with Gasteiger partial charge in [0, 0.05) is 18.1 Å². The largest absolute Gasteiger partial charge is 0.490 e. The average Bonchev–Trinajstić information content (AvgIpc) is 3.15. The summed E-state index contributed by atoms with van der Waals surface area (Å²) < 4.78 is 11.1. The predicted molar refractivity (Wildman–Crippen MR) is 86.7 cm³/mol. The number of benzene rings is 1. The Morgan fingerprint density at radius 1 is 1.33 bits per heavy atom. The molecule has 0 saturated carbocycles. The Kier molecular flexibility index (Phi) is 4.05. The van der Waals surface area contributed by atoms with Gasteiger partial charge in [-0.05, 0) is 25.0 Å². The van der Waals surface area contributed by atoms with Gasteiger partial charge in [-0.2, -0.15) is 0 Å². The first-order chi connectivity index (χ1) is 11.4. The third-order valence-corrected chi connectivity index (χ3v) is 4.37. The number of carboxylic acid groups (broad SMARTS) is 1. The molecule has 126 valence electrons. The molecule has 0 aliphatic carbocycles. The van der Waals surface area contributed by atoms with Crippen molar-refractivity contribution in [3.05, 3.63) is 52.0 Å². The van der Waals surface area contributed by atoms with Gasteiger partial charge in [0.2, 0.25) is 0 Å².